The number of pyridine rings is 1. The molecule has 1 aromatic heterocycles. The van der Waals surface area contributed by atoms with Crippen molar-refractivity contribution in [3.63, 3.8) is 0 Å². The molecule has 2 N–H and O–H groups in total. The summed E-state index contributed by atoms with van der Waals surface area (Å²) in [6.45, 7) is 0. The number of carbonyl (C=O) groups excluding carboxylic acids is 1. The monoisotopic (exact) mass is 378 g/mol. The van der Waals surface area contributed by atoms with Gasteiger partial charge in [-0.25, -0.2) is 0 Å². The van der Waals surface area contributed by atoms with Crippen LogP contribution in [0.1, 0.15) is 17.9 Å². The lowest BCUT2D eigenvalue weighted by molar-refractivity contribution is -0.121. The fraction of sp³-hybridized carbons (Fsp3) is 0.333. The predicted molar refractivity (Wildman–Crippen MR) is 94.8 cm³/mol. The zero-order chi connectivity index (χ0) is 17.6. The molecular formula is C18H16Cl2N2O3. The average molecular weight is 379 g/mol. The molecule has 2 aliphatic heterocycles. The van der Waals surface area contributed by atoms with E-state index < -0.39 is 6.10 Å². The van der Waals surface area contributed by atoms with E-state index in [9.17, 15) is 9.90 Å². The van der Waals surface area contributed by atoms with Crippen molar-refractivity contribution < 1.29 is 14.6 Å². The second-order valence-corrected chi connectivity index (χ2v) is 7.21. The number of aromatic nitrogens is 1. The maximum atomic E-state index is 12.9. The first-order chi connectivity index (χ1) is 12.0. The van der Waals surface area contributed by atoms with E-state index in [4.69, 9.17) is 27.9 Å². The molecule has 7 heteroatoms. The van der Waals surface area contributed by atoms with Gasteiger partial charge in [-0.1, -0.05) is 23.2 Å². The number of halogens is 2. The van der Waals surface area contributed by atoms with Crippen LogP contribution in [0.25, 0.3) is 0 Å². The van der Waals surface area contributed by atoms with E-state index in [2.05, 4.69) is 10.3 Å². The second kappa shape index (κ2) is 6.57. The molecule has 0 aliphatic carbocycles. The van der Waals surface area contributed by atoms with Gasteiger partial charge in [-0.15, -0.1) is 0 Å². The maximum Gasteiger partial charge on any atom is 0.230 e. The summed E-state index contributed by atoms with van der Waals surface area (Å²) in [4.78, 5) is 16.9. The number of aliphatic hydroxyl groups excluding tert-OH is 1. The van der Waals surface area contributed by atoms with Crippen molar-refractivity contribution in [1.82, 2.24) is 4.98 Å². The summed E-state index contributed by atoms with van der Waals surface area (Å²) in [6, 6.07) is 8.69. The highest BCUT2D eigenvalue weighted by Gasteiger charge is 2.56. The Labute approximate surface area is 154 Å². The second-order valence-electron chi connectivity index (χ2n) is 6.39. The predicted octanol–water partition coefficient (Wildman–Crippen LogP) is 3.26. The summed E-state index contributed by atoms with van der Waals surface area (Å²) in [5, 5.41) is 13.9. The van der Waals surface area contributed by atoms with Crippen LogP contribution in [0.2, 0.25) is 10.0 Å². The van der Waals surface area contributed by atoms with Crippen LogP contribution in [0.3, 0.4) is 0 Å². The largest absolute Gasteiger partial charge is 0.390 e. The Kier molecular flexibility index (Phi) is 4.41. The first kappa shape index (κ1) is 16.8. The molecule has 4 rings (SSSR count). The normalized spacial score (nSPS) is 30.4. The number of ether oxygens (including phenoxy) is 1. The number of rotatable bonds is 3. The lowest BCUT2D eigenvalue weighted by Gasteiger charge is -2.30. The van der Waals surface area contributed by atoms with E-state index >= 15 is 0 Å². The molecule has 2 aromatic rings. The molecule has 0 spiro atoms. The van der Waals surface area contributed by atoms with Gasteiger partial charge >= 0.3 is 0 Å². The van der Waals surface area contributed by atoms with E-state index in [0.29, 0.717) is 22.2 Å². The summed E-state index contributed by atoms with van der Waals surface area (Å²) in [7, 11) is 0. The Hall–Kier alpha value is -1.66. The van der Waals surface area contributed by atoms with E-state index in [-0.39, 0.29) is 30.0 Å². The molecule has 2 bridgehead atoms. The number of hydrogen-bond acceptors (Lipinski definition) is 4. The number of anilines is 1. The van der Waals surface area contributed by atoms with Crippen LogP contribution < -0.4 is 5.32 Å². The van der Waals surface area contributed by atoms with Crippen LogP contribution in [0, 0.1) is 5.92 Å². The van der Waals surface area contributed by atoms with Crippen LogP contribution in [0.15, 0.2) is 42.7 Å². The number of amides is 1. The summed E-state index contributed by atoms with van der Waals surface area (Å²) in [5.74, 6) is -0.746. The average Bonchev–Trinajstić information content (AvgIpc) is 3.16. The number of benzene rings is 1. The first-order valence-corrected chi connectivity index (χ1v) is 8.79. The number of hydrogen-bond donors (Lipinski definition) is 2. The fourth-order valence-electron chi connectivity index (χ4n) is 3.83. The number of fused-ring (bicyclic) bond motifs is 2. The van der Waals surface area contributed by atoms with E-state index in [1.54, 1.807) is 30.6 Å². The molecule has 2 fully saturated rings. The van der Waals surface area contributed by atoms with Gasteiger partial charge in [-0.05, 0) is 35.9 Å². The molecule has 5 nitrogen and oxygen atoms in total. The number of nitrogens with one attached hydrogen (secondary N) is 1. The number of carbonyl (C=O) groups is 1. The van der Waals surface area contributed by atoms with Crippen molar-refractivity contribution in [2.24, 2.45) is 5.92 Å². The highest BCUT2D eigenvalue weighted by molar-refractivity contribution is 6.42. The van der Waals surface area contributed by atoms with Crippen LogP contribution in [0.4, 0.5) is 5.69 Å². The smallest absolute Gasteiger partial charge is 0.230 e. The topological polar surface area (TPSA) is 71.5 Å². The summed E-state index contributed by atoms with van der Waals surface area (Å²) < 4.78 is 5.89. The van der Waals surface area contributed by atoms with Crippen molar-refractivity contribution in [2.75, 3.05) is 5.32 Å². The molecule has 1 amide bonds. The Balaban J connectivity index is 1.61. The Morgan fingerprint density at radius 1 is 1.20 bits per heavy atom. The summed E-state index contributed by atoms with van der Waals surface area (Å²) in [5.41, 5.74) is 1.52. The molecule has 0 saturated carbocycles. The highest BCUT2D eigenvalue weighted by Crippen LogP contribution is 2.49. The zero-order valence-electron chi connectivity index (χ0n) is 13.1. The fourth-order valence-corrected chi connectivity index (χ4v) is 4.12. The van der Waals surface area contributed by atoms with Crippen LogP contribution in [0.5, 0.6) is 0 Å². The molecule has 0 unspecified atom stereocenters. The van der Waals surface area contributed by atoms with Crippen LogP contribution >= 0.6 is 23.2 Å². The standard InChI is InChI=1S/C18H16Cl2N2O3/c19-11-2-1-10(7-12(11)20)22-18(24)16-14-8-13(23)17(25-14)15(16)9-3-5-21-6-4-9/h1-7,13-17,23H,8H2,(H,22,24)/t13-,14+,15+,16+,17-/m0/s1. The van der Waals surface area contributed by atoms with Gasteiger partial charge in [0.2, 0.25) is 5.91 Å². The third-order valence-electron chi connectivity index (χ3n) is 4.91. The summed E-state index contributed by atoms with van der Waals surface area (Å²) >= 11 is 11.9. The minimum absolute atomic E-state index is 0.153. The molecule has 5 atom stereocenters. The van der Waals surface area contributed by atoms with Crippen molar-refractivity contribution in [3.05, 3.63) is 58.3 Å². The highest BCUT2D eigenvalue weighted by atomic mass is 35.5. The van der Waals surface area contributed by atoms with Crippen LogP contribution in [-0.4, -0.2) is 34.3 Å². The van der Waals surface area contributed by atoms with Crippen LogP contribution in [-0.2, 0) is 9.53 Å². The van der Waals surface area contributed by atoms with E-state index in [1.807, 2.05) is 12.1 Å². The van der Waals surface area contributed by atoms with Gasteiger partial charge in [0, 0.05) is 30.4 Å². The van der Waals surface area contributed by atoms with Gasteiger partial charge in [0.15, 0.2) is 0 Å². The van der Waals surface area contributed by atoms with Gasteiger partial charge in [-0.2, -0.15) is 0 Å². The van der Waals surface area contributed by atoms with Crippen molar-refractivity contribution in [1.29, 1.82) is 0 Å². The zero-order valence-corrected chi connectivity index (χ0v) is 14.6. The number of nitrogens with zero attached hydrogens (tertiary/aromatic N) is 1. The van der Waals surface area contributed by atoms with Crippen molar-refractivity contribution in [3.8, 4) is 0 Å². The lowest BCUT2D eigenvalue weighted by Crippen LogP contribution is -2.41. The molecule has 3 heterocycles. The molecular weight excluding hydrogens is 363 g/mol. The van der Waals surface area contributed by atoms with Crippen molar-refractivity contribution >= 4 is 34.8 Å². The molecule has 2 saturated heterocycles. The molecule has 0 radical (unpaired) electrons. The SMILES string of the molecule is O=C(Nc1ccc(Cl)c(Cl)c1)[C@H]1[C@@H](c2ccncc2)[C@H]2O[C@@H]1C[C@@H]2O. The van der Waals surface area contributed by atoms with Gasteiger partial charge in [0.25, 0.3) is 0 Å². The third-order valence-corrected chi connectivity index (χ3v) is 5.65. The molecule has 2 aliphatic rings. The molecule has 130 valence electrons. The Bertz CT molecular complexity index is 802. The lowest BCUT2D eigenvalue weighted by atomic mass is 9.74. The van der Waals surface area contributed by atoms with Gasteiger partial charge in [0.05, 0.1) is 34.3 Å². The maximum absolute atomic E-state index is 12.9. The van der Waals surface area contributed by atoms with Gasteiger partial charge in [-0.3, -0.25) is 9.78 Å². The van der Waals surface area contributed by atoms with Gasteiger partial charge < -0.3 is 15.2 Å². The Morgan fingerprint density at radius 3 is 2.68 bits per heavy atom. The van der Waals surface area contributed by atoms with Crippen molar-refractivity contribution in [2.45, 2.75) is 30.7 Å². The summed E-state index contributed by atoms with van der Waals surface area (Å²) in [6.07, 6.45) is 2.59. The molecule has 25 heavy (non-hydrogen) atoms. The third kappa shape index (κ3) is 3.02. The minimum Gasteiger partial charge on any atom is -0.390 e. The number of aliphatic hydroxyl groups is 1. The Morgan fingerprint density at radius 2 is 1.96 bits per heavy atom. The minimum atomic E-state index is -0.558. The van der Waals surface area contributed by atoms with E-state index in [0.717, 1.165) is 5.56 Å². The molecule has 1 aromatic carbocycles. The first-order valence-electron chi connectivity index (χ1n) is 8.04. The quantitative estimate of drug-likeness (QED) is 0.859. The van der Waals surface area contributed by atoms with E-state index in [1.165, 1.54) is 0 Å². The van der Waals surface area contributed by atoms with Gasteiger partial charge in [0.1, 0.15) is 0 Å².